The van der Waals surface area contributed by atoms with E-state index in [1.54, 1.807) is 24.1 Å². The number of benzene rings is 1. The second-order valence-corrected chi connectivity index (χ2v) is 7.50. The Kier molecular flexibility index (Phi) is 6.22. The molecule has 0 radical (unpaired) electrons. The number of ether oxygens (including phenoxy) is 2. The molecule has 8 nitrogen and oxygen atoms in total. The predicted octanol–water partition coefficient (Wildman–Crippen LogP) is 3.58. The highest BCUT2D eigenvalue weighted by atomic mass is 19.4. The lowest BCUT2D eigenvalue weighted by Crippen LogP contribution is -2.54. The van der Waals surface area contributed by atoms with E-state index in [1.807, 2.05) is 0 Å². The molecule has 0 atom stereocenters. The molecule has 12 heteroatoms. The van der Waals surface area contributed by atoms with Gasteiger partial charge in [-0.1, -0.05) is 0 Å². The van der Waals surface area contributed by atoms with Gasteiger partial charge in [0.2, 0.25) is 5.88 Å². The fourth-order valence-corrected chi connectivity index (χ4v) is 3.52. The van der Waals surface area contributed by atoms with Crippen LogP contribution in [0.4, 0.5) is 28.9 Å². The topological polar surface area (TPSA) is 80.7 Å². The van der Waals surface area contributed by atoms with E-state index in [4.69, 9.17) is 9.47 Å². The molecule has 3 aromatic rings. The quantitative estimate of drug-likeness (QED) is 0.502. The van der Waals surface area contributed by atoms with Crippen molar-refractivity contribution in [1.29, 1.82) is 0 Å². The molecule has 0 spiro atoms. The van der Waals surface area contributed by atoms with Crippen LogP contribution in [-0.4, -0.2) is 54.4 Å². The zero-order valence-corrected chi connectivity index (χ0v) is 18.1. The first kappa shape index (κ1) is 23.2. The third kappa shape index (κ3) is 4.70. The van der Waals surface area contributed by atoms with E-state index in [0.29, 0.717) is 17.4 Å². The molecule has 4 rings (SSSR count). The van der Waals surface area contributed by atoms with Crippen LogP contribution < -0.4 is 19.3 Å². The van der Waals surface area contributed by atoms with Crippen LogP contribution in [-0.2, 0) is 6.18 Å². The molecule has 0 aliphatic carbocycles. The van der Waals surface area contributed by atoms with Gasteiger partial charge in [-0.25, -0.2) is 9.37 Å². The Bertz CT molecular complexity index is 1190. The van der Waals surface area contributed by atoms with Gasteiger partial charge in [-0.05, 0) is 24.3 Å². The lowest BCUT2D eigenvalue weighted by molar-refractivity contribution is -0.137. The molecule has 1 aliphatic rings. The Hall–Kier alpha value is -3.96. The maximum atomic E-state index is 13.7. The molecular formula is C22H19F4N5O3. The van der Waals surface area contributed by atoms with E-state index < -0.39 is 29.6 Å². The van der Waals surface area contributed by atoms with Crippen LogP contribution in [0.25, 0.3) is 0 Å². The number of pyridine rings is 1. The number of anilines is 2. The number of halogens is 4. The van der Waals surface area contributed by atoms with Crippen LogP contribution >= 0.6 is 0 Å². The molecule has 34 heavy (non-hydrogen) atoms. The van der Waals surface area contributed by atoms with Gasteiger partial charge < -0.3 is 19.3 Å². The number of carbonyl (C=O) groups excluding carboxylic acids is 1. The fourth-order valence-electron chi connectivity index (χ4n) is 3.52. The van der Waals surface area contributed by atoms with Gasteiger partial charge in [0, 0.05) is 19.3 Å². The monoisotopic (exact) mass is 477 g/mol. The first-order valence-electron chi connectivity index (χ1n) is 10.0. The molecule has 0 N–H and O–H groups in total. The van der Waals surface area contributed by atoms with Gasteiger partial charge in [0.25, 0.3) is 5.91 Å². The highest BCUT2D eigenvalue weighted by Gasteiger charge is 2.35. The zero-order chi connectivity index (χ0) is 24.5. The zero-order valence-electron chi connectivity index (χ0n) is 18.1. The Labute approximate surface area is 191 Å². The van der Waals surface area contributed by atoms with Crippen molar-refractivity contribution >= 4 is 17.3 Å². The van der Waals surface area contributed by atoms with Crippen molar-refractivity contribution in [3.05, 3.63) is 65.9 Å². The van der Waals surface area contributed by atoms with Crippen molar-refractivity contribution in [3.63, 3.8) is 0 Å². The molecule has 0 unspecified atom stereocenters. The van der Waals surface area contributed by atoms with Gasteiger partial charge in [0.1, 0.15) is 23.2 Å². The minimum absolute atomic E-state index is 0.112. The summed E-state index contributed by atoms with van der Waals surface area (Å²) in [5.74, 6) is -1.55. The molecule has 1 aliphatic heterocycles. The number of nitrogens with zero attached hydrogens (tertiary/aromatic N) is 5. The lowest BCUT2D eigenvalue weighted by atomic mass is 10.1. The van der Waals surface area contributed by atoms with Crippen LogP contribution in [0.15, 0.2) is 48.9 Å². The number of aromatic nitrogens is 3. The van der Waals surface area contributed by atoms with Crippen LogP contribution in [0.3, 0.4) is 0 Å². The third-order valence-corrected chi connectivity index (χ3v) is 5.25. The van der Waals surface area contributed by atoms with Crippen LogP contribution in [0.2, 0.25) is 0 Å². The molecule has 0 bridgehead atoms. The minimum atomic E-state index is -4.69. The Morgan fingerprint density at radius 2 is 1.91 bits per heavy atom. The number of methoxy groups -OCH3 is 1. The molecule has 0 saturated carbocycles. The molecule has 2 aromatic heterocycles. The van der Waals surface area contributed by atoms with Gasteiger partial charge in [0.05, 0.1) is 49.5 Å². The van der Waals surface area contributed by atoms with E-state index in [1.165, 1.54) is 30.6 Å². The molecular weight excluding hydrogens is 458 g/mol. The summed E-state index contributed by atoms with van der Waals surface area (Å²) in [5.41, 5.74) is 0.0981. The van der Waals surface area contributed by atoms with Gasteiger partial charge >= 0.3 is 6.18 Å². The largest absolute Gasteiger partial charge is 0.487 e. The average Bonchev–Trinajstić information content (AvgIpc) is 2.79. The normalized spacial score (nSPS) is 13.9. The van der Waals surface area contributed by atoms with E-state index in [9.17, 15) is 22.4 Å². The van der Waals surface area contributed by atoms with Crippen LogP contribution in [0.5, 0.6) is 11.6 Å². The summed E-state index contributed by atoms with van der Waals surface area (Å²) in [5, 5.41) is 7.47. The van der Waals surface area contributed by atoms with Crippen molar-refractivity contribution in [2.45, 2.75) is 12.3 Å². The number of hydrogen-bond acceptors (Lipinski definition) is 7. The summed E-state index contributed by atoms with van der Waals surface area (Å²) in [6.45, 7) is 0.512. The van der Waals surface area contributed by atoms with E-state index >= 15 is 0 Å². The van der Waals surface area contributed by atoms with Crippen molar-refractivity contribution in [2.75, 3.05) is 37.0 Å². The lowest BCUT2D eigenvalue weighted by Gasteiger charge is -2.41. The third-order valence-electron chi connectivity index (χ3n) is 5.25. The van der Waals surface area contributed by atoms with E-state index in [-0.39, 0.29) is 30.3 Å². The summed E-state index contributed by atoms with van der Waals surface area (Å²) >= 11 is 0. The van der Waals surface area contributed by atoms with Crippen molar-refractivity contribution in [2.24, 2.45) is 0 Å². The summed E-state index contributed by atoms with van der Waals surface area (Å²) in [4.78, 5) is 20.6. The maximum absolute atomic E-state index is 13.7. The van der Waals surface area contributed by atoms with Gasteiger partial charge in [-0.15, -0.1) is 0 Å². The van der Waals surface area contributed by atoms with Crippen molar-refractivity contribution < 1.29 is 31.8 Å². The first-order valence-corrected chi connectivity index (χ1v) is 10.0. The van der Waals surface area contributed by atoms with Gasteiger partial charge in [-0.2, -0.15) is 23.4 Å². The molecule has 178 valence electrons. The SMILES string of the molecule is COc1nccc(N2CC(Oc3cc(F)cc(C(F)(F)F)c3)C2)c1C(=O)N(C)c1ccnnc1. The fraction of sp³-hybridized carbons (Fsp3) is 0.273. The highest BCUT2D eigenvalue weighted by Crippen LogP contribution is 2.35. The summed E-state index contributed by atoms with van der Waals surface area (Å²) < 4.78 is 63.4. The second-order valence-electron chi connectivity index (χ2n) is 7.50. The molecule has 1 fully saturated rings. The standard InChI is InChI=1S/C22H19F4N5O3/c1-30(15-3-6-28-29-10-15)21(32)19-18(4-5-27-20(19)33-2)31-11-17(12-31)34-16-8-13(22(24,25)26)7-14(23)9-16/h3-10,17H,11-12H2,1-2H3. The molecule has 1 aromatic carbocycles. The highest BCUT2D eigenvalue weighted by molar-refractivity contribution is 6.11. The number of carbonyl (C=O) groups is 1. The van der Waals surface area contributed by atoms with Crippen LogP contribution in [0.1, 0.15) is 15.9 Å². The number of rotatable bonds is 6. The van der Waals surface area contributed by atoms with E-state index in [0.717, 1.165) is 12.1 Å². The van der Waals surface area contributed by atoms with Crippen LogP contribution in [0, 0.1) is 5.82 Å². The van der Waals surface area contributed by atoms with E-state index in [2.05, 4.69) is 15.2 Å². The second kappa shape index (κ2) is 9.12. The molecule has 1 amide bonds. The molecule has 1 saturated heterocycles. The summed E-state index contributed by atoms with van der Waals surface area (Å²) in [7, 11) is 2.96. The maximum Gasteiger partial charge on any atom is 0.416 e. The Morgan fingerprint density at radius 3 is 2.56 bits per heavy atom. The number of alkyl halides is 3. The first-order chi connectivity index (χ1) is 16.2. The predicted molar refractivity (Wildman–Crippen MR) is 114 cm³/mol. The Balaban J connectivity index is 1.53. The Morgan fingerprint density at radius 1 is 1.15 bits per heavy atom. The number of hydrogen-bond donors (Lipinski definition) is 0. The smallest absolute Gasteiger partial charge is 0.416 e. The average molecular weight is 477 g/mol. The van der Waals surface area contributed by atoms with Crippen molar-refractivity contribution in [1.82, 2.24) is 15.2 Å². The van der Waals surface area contributed by atoms with Gasteiger partial charge in [0.15, 0.2) is 0 Å². The number of amides is 1. The minimum Gasteiger partial charge on any atom is -0.487 e. The summed E-state index contributed by atoms with van der Waals surface area (Å²) in [6, 6.07) is 5.33. The molecule has 3 heterocycles. The van der Waals surface area contributed by atoms with Gasteiger partial charge in [-0.3, -0.25) is 4.79 Å². The van der Waals surface area contributed by atoms with Crippen molar-refractivity contribution in [3.8, 4) is 11.6 Å². The summed E-state index contributed by atoms with van der Waals surface area (Å²) in [6.07, 6.45) is -0.830.